The van der Waals surface area contributed by atoms with Crippen LogP contribution in [0.4, 0.5) is 5.82 Å². The first kappa shape index (κ1) is 15.3. The lowest BCUT2D eigenvalue weighted by molar-refractivity contribution is -0.116. The Bertz CT molecular complexity index is 863. The molecule has 0 aliphatic heterocycles. The SMILES string of the molecule is Cn1nc2c(c1NC(=O)CCCc1nc3ccccc3s1)CCC2. The van der Waals surface area contributed by atoms with Gasteiger partial charge in [0.25, 0.3) is 0 Å². The fourth-order valence-corrected chi connectivity index (χ4v) is 4.31. The molecule has 3 aromatic rings. The van der Waals surface area contributed by atoms with E-state index in [0.717, 1.165) is 54.1 Å². The summed E-state index contributed by atoms with van der Waals surface area (Å²) in [4.78, 5) is 16.9. The summed E-state index contributed by atoms with van der Waals surface area (Å²) in [6.07, 6.45) is 5.35. The smallest absolute Gasteiger partial charge is 0.225 e. The first-order chi connectivity index (χ1) is 11.7. The summed E-state index contributed by atoms with van der Waals surface area (Å²) in [5, 5.41) is 8.64. The van der Waals surface area contributed by atoms with Crippen molar-refractivity contribution in [1.29, 1.82) is 0 Å². The average molecular weight is 340 g/mol. The molecular formula is C18H20N4OS. The molecule has 1 aromatic carbocycles. The van der Waals surface area contributed by atoms with E-state index in [-0.39, 0.29) is 5.91 Å². The van der Waals surface area contributed by atoms with Crippen molar-refractivity contribution >= 4 is 33.3 Å². The van der Waals surface area contributed by atoms with Crippen molar-refractivity contribution in [3.05, 3.63) is 40.5 Å². The summed E-state index contributed by atoms with van der Waals surface area (Å²) in [5.41, 5.74) is 3.41. The molecule has 0 saturated carbocycles. The van der Waals surface area contributed by atoms with Gasteiger partial charge in [0, 0.05) is 19.0 Å². The van der Waals surface area contributed by atoms with Crippen LogP contribution in [0.1, 0.15) is 35.5 Å². The minimum absolute atomic E-state index is 0.0637. The summed E-state index contributed by atoms with van der Waals surface area (Å²) in [6, 6.07) is 8.16. The maximum Gasteiger partial charge on any atom is 0.225 e. The topological polar surface area (TPSA) is 59.8 Å². The Morgan fingerprint density at radius 2 is 2.21 bits per heavy atom. The van der Waals surface area contributed by atoms with E-state index in [2.05, 4.69) is 21.5 Å². The van der Waals surface area contributed by atoms with E-state index in [9.17, 15) is 4.79 Å². The van der Waals surface area contributed by atoms with Gasteiger partial charge in [-0.1, -0.05) is 12.1 Å². The average Bonchev–Trinajstić information content (AvgIpc) is 3.24. The van der Waals surface area contributed by atoms with Crippen molar-refractivity contribution in [2.24, 2.45) is 7.05 Å². The number of amides is 1. The van der Waals surface area contributed by atoms with Crippen LogP contribution in [0.25, 0.3) is 10.2 Å². The Morgan fingerprint density at radius 1 is 1.33 bits per heavy atom. The number of aryl methyl sites for hydroxylation is 3. The molecular weight excluding hydrogens is 320 g/mol. The van der Waals surface area contributed by atoms with Crippen LogP contribution < -0.4 is 5.32 Å². The van der Waals surface area contributed by atoms with E-state index in [4.69, 9.17) is 0 Å². The summed E-state index contributed by atoms with van der Waals surface area (Å²) in [6.45, 7) is 0. The number of nitrogens with zero attached hydrogens (tertiary/aromatic N) is 3. The lowest BCUT2D eigenvalue weighted by Crippen LogP contribution is -2.15. The van der Waals surface area contributed by atoms with Crippen molar-refractivity contribution in [3.8, 4) is 0 Å². The third-order valence-electron chi connectivity index (χ3n) is 4.46. The second kappa shape index (κ2) is 6.36. The van der Waals surface area contributed by atoms with E-state index in [1.807, 2.05) is 25.2 Å². The van der Waals surface area contributed by atoms with Gasteiger partial charge in [-0.15, -0.1) is 11.3 Å². The van der Waals surface area contributed by atoms with Crippen LogP contribution in [0, 0.1) is 0 Å². The number of fused-ring (bicyclic) bond motifs is 2. The number of nitrogens with one attached hydrogen (secondary N) is 1. The highest BCUT2D eigenvalue weighted by Gasteiger charge is 2.21. The van der Waals surface area contributed by atoms with Crippen LogP contribution >= 0.6 is 11.3 Å². The van der Waals surface area contributed by atoms with Crippen LogP contribution in [-0.2, 0) is 31.1 Å². The number of rotatable bonds is 5. The van der Waals surface area contributed by atoms with Gasteiger partial charge < -0.3 is 5.32 Å². The molecule has 0 atom stereocenters. The van der Waals surface area contributed by atoms with Gasteiger partial charge in [-0.3, -0.25) is 9.48 Å². The molecule has 0 spiro atoms. The molecule has 5 nitrogen and oxygen atoms in total. The fourth-order valence-electron chi connectivity index (χ4n) is 3.30. The van der Waals surface area contributed by atoms with Crippen LogP contribution in [-0.4, -0.2) is 20.7 Å². The number of hydrogen-bond donors (Lipinski definition) is 1. The minimum Gasteiger partial charge on any atom is -0.311 e. The van der Waals surface area contributed by atoms with E-state index >= 15 is 0 Å². The standard InChI is InChI=1S/C18H20N4OS/c1-22-18(12-6-4-8-13(12)21-22)20-16(23)10-5-11-17-19-14-7-2-3-9-15(14)24-17/h2-3,7,9H,4-6,8,10-11H2,1H3,(H,20,23). The molecule has 0 bridgehead atoms. The lowest BCUT2D eigenvalue weighted by atomic mass is 10.2. The van der Waals surface area contributed by atoms with Crippen LogP contribution in [0.3, 0.4) is 0 Å². The highest BCUT2D eigenvalue weighted by atomic mass is 32.1. The molecule has 4 rings (SSSR count). The zero-order chi connectivity index (χ0) is 16.5. The molecule has 1 amide bonds. The third-order valence-corrected chi connectivity index (χ3v) is 5.56. The Kier molecular flexibility index (Phi) is 4.06. The second-order valence-electron chi connectivity index (χ2n) is 6.23. The Morgan fingerprint density at radius 3 is 3.08 bits per heavy atom. The normalized spacial score (nSPS) is 13.4. The molecule has 1 N–H and O–H groups in total. The molecule has 124 valence electrons. The minimum atomic E-state index is 0.0637. The predicted molar refractivity (Wildman–Crippen MR) is 96.4 cm³/mol. The lowest BCUT2D eigenvalue weighted by Gasteiger charge is -2.07. The van der Waals surface area contributed by atoms with Gasteiger partial charge in [0.1, 0.15) is 5.82 Å². The number of hydrogen-bond acceptors (Lipinski definition) is 4. The summed E-state index contributed by atoms with van der Waals surface area (Å²) < 4.78 is 3.01. The number of carbonyl (C=O) groups is 1. The molecule has 2 heterocycles. The van der Waals surface area contributed by atoms with Crippen LogP contribution in [0.15, 0.2) is 24.3 Å². The molecule has 24 heavy (non-hydrogen) atoms. The van der Waals surface area contributed by atoms with Gasteiger partial charge in [-0.2, -0.15) is 5.10 Å². The van der Waals surface area contributed by atoms with Gasteiger partial charge in [0.2, 0.25) is 5.91 Å². The second-order valence-corrected chi connectivity index (χ2v) is 7.34. The number of aromatic nitrogens is 3. The quantitative estimate of drug-likeness (QED) is 0.773. The van der Waals surface area contributed by atoms with Gasteiger partial charge in [0.05, 0.1) is 20.9 Å². The van der Waals surface area contributed by atoms with Crippen LogP contribution in [0.5, 0.6) is 0 Å². The molecule has 2 aromatic heterocycles. The summed E-state index contributed by atoms with van der Waals surface area (Å²) in [7, 11) is 1.90. The first-order valence-electron chi connectivity index (χ1n) is 8.40. The maximum absolute atomic E-state index is 12.3. The highest BCUT2D eigenvalue weighted by molar-refractivity contribution is 7.18. The number of thiazole rings is 1. The summed E-state index contributed by atoms with van der Waals surface area (Å²) >= 11 is 1.72. The zero-order valence-corrected chi connectivity index (χ0v) is 14.5. The zero-order valence-electron chi connectivity index (χ0n) is 13.7. The van der Waals surface area contributed by atoms with E-state index in [0.29, 0.717) is 6.42 Å². The van der Waals surface area contributed by atoms with Crippen molar-refractivity contribution in [2.75, 3.05) is 5.32 Å². The van der Waals surface area contributed by atoms with Crippen molar-refractivity contribution in [1.82, 2.24) is 14.8 Å². The molecule has 0 fully saturated rings. The number of anilines is 1. The Hall–Kier alpha value is -2.21. The van der Waals surface area contributed by atoms with Crippen LogP contribution in [0.2, 0.25) is 0 Å². The van der Waals surface area contributed by atoms with E-state index in [1.54, 1.807) is 16.0 Å². The maximum atomic E-state index is 12.3. The number of carbonyl (C=O) groups excluding carboxylic acids is 1. The first-order valence-corrected chi connectivity index (χ1v) is 9.21. The number of benzene rings is 1. The Balaban J connectivity index is 1.34. The van der Waals surface area contributed by atoms with Gasteiger partial charge in [0.15, 0.2) is 0 Å². The molecule has 0 unspecified atom stereocenters. The Labute approximate surface area is 144 Å². The van der Waals surface area contributed by atoms with Gasteiger partial charge in [-0.05, 0) is 44.2 Å². The van der Waals surface area contributed by atoms with Gasteiger partial charge >= 0.3 is 0 Å². The summed E-state index contributed by atoms with van der Waals surface area (Å²) in [5.74, 6) is 0.946. The predicted octanol–water partition coefficient (Wildman–Crippen LogP) is 3.48. The van der Waals surface area contributed by atoms with Crippen molar-refractivity contribution < 1.29 is 4.79 Å². The fraction of sp³-hybridized carbons (Fsp3) is 0.389. The monoisotopic (exact) mass is 340 g/mol. The van der Waals surface area contributed by atoms with Crippen molar-refractivity contribution in [2.45, 2.75) is 38.5 Å². The third kappa shape index (κ3) is 2.94. The molecule has 0 radical (unpaired) electrons. The molecule has 1 aliphatic rings. The highest BCUT2D eigenvalue weighted by Crippen LogP contribution is 2.28. The van der Waals surface area contributed by atoms with E-state index in [1.165, 1.54) is 10.3 Å². The molecule has 6 heteroatoms. The molecule has 0 saturated heterocycles. The number of para-hydroxylation sites is 1. The molecule has 1 aliphatic carbocycles. The largest absolute Gasteiger partial charge is 0.311 e. The van der Waals surface area contributed by atoms with Crippen molar-refractivity contribution in [3.63, 3.8) is 0 Å². The van der Waals surface area contributed by atoms with E-state index < -0.39 is 0 Å². The van der Waals surface area contributed by atoms with Gasteiger partial charge in [-0.25, -0.2) is 4.98 Å².